The largest absolute Gasteiger partial charge is 0.502 e. The third kappa shape index (κ3) is 16.5. The van der Waals surface area contributed by atoms with E-state index < -0.39 is 0 Å². The van der Waals surface area contributed by atoms with Crippen molar-refractivity contribution in [2.24, 2.45) is 0 Å². The molecule has 27 heavy (non-hydrogen) atoms. The monoisotopic (exact) mass is 386 g/mol. The van der Waals surface area contributed by atoms with Crippen molar-refractivity contribution < 1.29 is 9.53 Å². The smallest absolute Gasteiger partial charge is 0.257 e. The van der Waals surface area contributed by atoms with Crippen LogP contribution in [0.2, 0.25) is 0 Å². The van der Waals surface area contributed by atoms with Crippen LogP contribution in [0.4, 0.5) is 0 Å². The van der Waals surface area contributed by atoms with Crippen LogP contribution in [-0.2, 0) is 9.53 Å². The summed E-state index contributed by atoms with van der Waals surface area (Å²) in [6.45, 7) is 10.2. The molecule has 0 atom stereocenters. The molecule has 0 aromatic carbocycles. The molecule has 1 N–H and O–H groups in total. The summed E-state index contributed by atoms with van der Waals surface area (Å²) in [5, 5.41) is 2.77. The van der Waals surface area contributed by atoms with Crippen LogP contribution >= 0.6 is 12.6 Å². The van der Waals surface area contributed by atoms with Gasteiger partial charge in [-0.05, 0) is 51.0 Å². The molecule has 1 aromatic heterocycles. The number of allylic oxidation sites excluding steroid dienone is 4. The molecule has 0 unspecified atom stereocenters. The van der Waals surface area contributed by atoms with Gasteiger partial charge in [0.05, 0.1) is 17.8 Å². The fourth-order valence-electron chi connectivity index (χ4n) is 1.40. The van der Waals surface area contributed by atoms with Gasteiger partial charge in [-0.25, -0.2) is 0 Å². The molecule has 4 nitrogen and oxygen atoms in total. The fourth-order valence-corrected chi connectivity index (χ4v) is 1.56. The van der Waals surface area contributed by atoms with Crippen LogP contribution in [0.15, 0.2) is 65.6 Å². The lowest BCUT2D eigenvalue weighted by Gasteiger charge is -2.03. The number of hydrogen-bond acceptors (Lipinski definition) is 4. The molecule has 0 radical (unpaired) electrons. The average molecular weight is 387 g/mol. The van der Waals surface area contributed by atoms with Gasteiger partial charge in [-0.2, -0.15) is 0 Å². The molecule has 0 spiro atoms. The lowest BCUT2D eigenvalue weighted by molar-refractivity contribution is -0.116. The first-order chi connectivity index (χ1) is 12.9. The van der Waals surface area contributed by atoms with Gasteiger partial charge in [-0.15, -0.1) is 32.1 Å². The Hall–Kier alpha value is -2.71. The number of thiol groups is 1. The zero-order valence-corrected chi connectivity index (χ0v) is 17.5. The second kappa shape index (κ2) is 18.1. The van der Waals surface area contributed by atoms with Gasteiger partial charge in [0.15, 0.2) is 0 Å². The van der Waals surface area contributed by atoms with Crippen molar-refractivity contribution in [3.8, 4) is 12.8 Å². The maximum atomic E-state index is 11.6. The van der Waals surface area contributed by atoms with E-state index in [4.69, 9.17) is 4.74 Å². The number of carbonyl (C=O) groups is 1. The van der Waals surface area contributed by atoms with Crippen LogP contribution in [-0.4, -0.2) is 24.5 Å². The third-order valence-electron chi connectivity index (χ3n) is 3.05. The van der Waals surface area contributed by atoms with E-state index in [2.05, 4.69) is 42.4 Å². The molecule has 1 heterocycles. The molecule has 1 rings (SSSR count). The van der Waals surface area contributed by atoms with Crippen molar-refractivity contribution in [3.05, 3.63) is 71.1 Å². The van der Waals surface area contributed by atoms with Gasteiger partial charge >= 0.3 is 0 Å². The number of amides is 1. The van der Waals surface area contributed by atoms with Crippen LogP contribution in [0.25, 0.3) is 6.08 Å². The van der Waals surface area contributed by atoms with Crippen molar-refractivity contribution in [3.63, 3.8) is 0 Å². The molecular formula is C22H30N2O2S. The van der Waals surface area contributed by atoms with Crippen LogP contribution < -0.4 is 5.32 Å². The highest BCUT2D eigenvalue weighted by Crippen LogP contribution is 2.04. The molecule has 5 heteroatoms. The quantitative estimate of drug-likeness (QED) is 0.177. The number of nitrogens with one attached hydrogen (secondary N) is 1. The predicted molar refractivity (Wildman–Crippen MR) is 119 cm³/mol. The molecule has 0 aliphatic heterocycles. The molecule has 146 valence electrons. The lowest BCUT2D eigenvalue weighted by Crippen LogP contribution is -2.24. The van der Waals surface area contributed by atoms with Crippen molar-refractivity contribution in [2.75, 3.05) is 13.7 Å². The molecule has 0 saturated carbocycles. The summed E-state index contributed by atoms with van der Waals surface area (Å²) < 4.78 is 4.76. The Balaban J connectivity index is 0. The number of nitrogens with zero attached hydrogens (tertiary/aromatic N) is 1. The molecule has 0 aliphatic carbocycles. The zero-order valence-electron chi connectivity index (χ0n) is 16.6. The van der Waals surface area contributed by atoms with Crippen molar-refractivity contribution in [1.82, 2.24) is 10.3 Å². The van der Waals surface area contributed by atoms with Gasteiger partial charge in [-0.1, -0.05) is 23.8 Å². The van der Waals surface area contributed by atoms with E-state index >= 15 is 0 Å². The number of ether oxygens (including phenoxy) is 1. The van der Waals surface area contributed by atoms with Gasteiger partial charge in [0.1, 0.15) is 0 Å². The van der Waals surface area contributed by atoms with Crippen molar-refractivity contribution in [2.45, 2.75) is 27.2 Å². The van der Waals surface area contributed by atoms with E-state index in [0.29, 0.717) is 11.4 Å². The van der Waals surface area contributed by atoms with Crippen LogP contribution in [0.5, 0.6) is 0 Å². The van der Waals surface area contributed by atoms with Crippen LogP contribution in [0, 0.1) is 12.8 Å². The molecule has 0 saturated heterocycles. The minimum atomic E-state index is -0.177. The summed E-state index contributed by atoms with van der Waals surface area (Å²) in [6.07, 6.45) is 19.5. The number of aromatic nitrogens is 1. The van der Waals surface area contributed by atoms with Crippen LogP contribution in [0.1, 0.15) is 32.8 Å². The Morgan fingerprint density at radius 3 is 2.37 bits per heavy atom. The van der Waals surface area contributed by atoms with Crippen molar-refractivity contribution >= 4 is 24.6 Å². The molecule has 0 fully saturated rings. The van der Waals surface area contributed by atoms with Gasteiger partial charge in [0.25, 0.3) is 5.91 Å². The topological polar surface area (TPSA) is 51.2 Å². The first-order valence-electron chi connectivity index (χ1n) is 8.30. The normalized spacial score (nSPS) is 10.8. The molecule has 0 aliphatic rings. The highest BCUT2D eigenvalue weighted by atomic mass is 32.1. The van der Waals surface area contributed by atoms with Gasteiger partial charge in [0.2, 0.25) is 0 Å². The van der Waals surface area contributed by atoms with E-state index in [0.717, 1.165) is 23.3 Å². The lowest BCUT2D eigenvalue weighted by atomic mass is 10.2. The van der Waals surface area contributed by atoms with E-state index in [1.165, 1.54) is 0 Å². The number of methoxy groups -OCH3 is 1. The minimum Gasteiger partial charge on any atom is -0.502 e. The fraction of sp³-hybridized carbons (Fsp3) is 0.273. The maximum Gasteiger partial charge on any atom is 0.257 e. The Morgan fingerprint density at radius 1 is 1.33 bits per heavy atom. The van der Waals surface area contributed by atoms with Gasteiger partial charge < -0.3 is 10.1 Å². The number of pyridine rings is 1. The second-order valence-corrected chi connectivity index (χ2v) is 5.74. The molecule has 1 aromatic rings. The molecule has 0 bridgehead atoms. The summed E-state index contributed by atoms with van der Waals surface area (Å²) in [7, 11) is 1.66. The summed E-state index contributed by atoms with van der Waals surface area (Å²) in [6, 6.07) is 3.77. The summed E-state index contributed by atoms with van der Waals surface area (Å²) >= 11 is 4.16. The van der Waals surface area contributed by atoms with E-state index in [1.54, 1.807) is 31.7 Å². The number of rotatable bonds is 7. The highest BCUT2D eigenvalue weighted by Gasteiger charge is 2.02. The van der Waals surface area contributed by atoms with Crippen molar-refractivity contribution in [1.29, 1.82) is 0 Å². The van der Waals surface area contributed by atoms with Gasteiger partial charge in [-0.3, -0.25) is 9.78 Å². The summed E-state index contributed by atoms with van der Waals surface area (Å²) in [5.74, 6) is 0.791. The van der Waals surface area contributed by atoms with E-state index in [-0.39, 0.29) is 5.91 Å². The second-order valence-electron chi connectivity index (χ2n) is 5.26. The Morgan fingerprint density at radius 2 is 1.93 bits per heavy atom. The van der Waals surface area contributed by atoms with E-state index in [9.17, 15) is 4.79 Å². The average Bonchev–Trinajstić information content (AvgIpc) is 2.69. The number of terminal acetylenes is 1. The first kappa shape index (κ1) is 26.5. The highest BCUT2D eigenvalue weighted by molar-refractivity contribution is 7.85. The summed E-state index contributed by atoms with van der Waals surface area (Å²) in [4.78, 5) is 15.9. The standard InChI is InChI=1S/C15H18N2OS.C5H10O.C2H2/c1-12(2)6-11-17-15(18)14(19)5-3-4-13-7-9-16-10-8-13;1-4-5(2)6-3;1-2/h3-5,7-10,19H,1,6,11H2,2H3,(H,17,18);4H,1-3H3;1-2H/b4-3+,14-5-;5-4+;. The Bertz CT molecular complexity index is 659. The Labute approximate surface area is 169 Å². The number of hydrogen-bond donors (Lipinski definition) is 2. The predicted octanol–water partition coefficient (Wildman–Crippen LogP) is 4.80. The third-order valence-corrected chi connectivity index (χ3v) is 3.40. The van der Waals surface area contributed by atoms with Gasteiger partial charge in [0, 0.05) is 18.9 Å². The number of carbonyl (C=O) groups excluding carboxylic acids is 1. The van der Waals surface area contributed by atoms with E-state index in [1.807, 2.05) is 45.1 Å². The zero-order chi connectivity index (χ0) is 21.1. The van der Waals surface area contributed by atoms with Crippen LogP contribution in [0.3, 0.4) is 0 Å². The SMILES string of the molecule is C#C.C/C=C(\C)OC.C=C(C)CCNC(=O)/C(S)=C/C=C/c1ccncc1. The minimum absolute atomic E-state index is 0.177. The summed E-state index contributed by atoms with van der Waals surface area (Å²) in [5.41, 5.74) is 2.07. The maximum absolute atomic E-state index is 11.6. The molecular weight excluding hydrogens is 356 g/mol. The Kier molecular flexibility index (Phi) is 17.8. The first-order valence-corrected chi connectivity index (χ1v) is 8.75. The molecule has 1 amide bonds.